The molecule has 24 heavy (non-hydrogen) atoms. The van der Waals surface area contributed by atoms with Crippen molar-refractivity contribution in [2.45, 2.75) is 64.3 Å². The van der Waals surface area contributed by atoms with Gasteiger partial charge in [0.15, 0.2) is 5.82 Å². The lowest BCUT2D eigenvalue weighted by molar-refractivity contribution is 0.0613. The number of hydrogen-bond acceptors (Lipinski definition) is 6. The second kappa shape index (κ2) is 7.77. The number of hydrogen-bond donors (Lipinski definition) is 2. The first-order valence-electron chi connectivity index (χ1n) is 8.65. The fraction of sp³-hybridized carbons (Fsp3) is 0.556. The van der Waals surface area contributed by atoms with Gasteiger partial charge >= 0.3 is 0 Å². The van der Waals surface area contributed by atoms with E-state index in [1.165, 1.54) is 0 Å². The van der Waals surface area contributed by atoms with Crippen molar-refractivity contribution in [3.8, 4) is 5.75 Å². The number of aryl methyl sites for hydroxylation is 1. The Morgan fingerprint density at radius 1 is 1.21 bits per heavy atom. The summed E-state index contributed by atoms with van der Waals surface area (Å²) in [5, 5.41) is 23.4. The monoisotopic (exact) mass is 331 g/mol. The molecule has 1 saturated carbocycles. The molecule has 6 nitrogen and oxygen atoms in total. The van der Waals surface area contributed by atoms with E-state index >= 15 is 0 Å². The molecule has 0 unspecified atom stereocenters. The minimum atomic E-state index is -0.182. The van der Waals surface area contributed by atoms with Crippen molar-refractivity contribution < 1.29 is 14.7 Å². The van der Waals surface area contributed by atoms with Crippen LogP contribution in [0.2, 0.25) is 0 Å². The van der Waals surface area contributed by atoms with Crippen LogP contribution in [0.5, 0.6) is 5.75 Å². The number of nitrogens with zero attached hydrogens (tertiary/aromatic N) is 3. The molecule has 1 aromatic heterocycles. The van der Waals surface area contributed by atoms with Crippen molar-refractivity contribution in [1.82, 2.24) is 15.0 Å². The maximum Gasteiger partial charge on any atom is 0.240 e. The van der Waals surface area contributed by atoms with Gasteiger partial charge in [-0.3, -0.25) is 4.90 Å². The minimum absolute atomic E-state index is 0.182. The fourth-order valence-corrected chi connectivity index (χ4v) is 3.30. The Balaban J connectivity index is 1.74. The quantitative estimate of drug-likeness (QED) is 0.847. The van der Waals surface area contributed by atoms with E-state index in [9.17, 15) is 10.2 Å². The van der Waals surface area contributed by atoms with Crippen LogP contribution in [0.1, 0.15) is 49.9 Å². The van der Waals surface area contributed by atoms with Gasteiger partial charge in [0.1, 0.15) is 5.75 Å². The Morgan fingerprint density at radius 3 is 2.67 bits per heavy atom. The van der Waals surface area contributed by atoms with E-state index in [-0.39, 0.29) is 11.9 Å². The number of aliphatic hydroxyl groups is 1. The molecule has 0 amide bonds. The lowest BCUT2D eigenvalue weighted by atomic mass is 9.91. The summed E-state index contributed by atoms with van der Waals surface area (Å²) in [6, 6.07) is 7.70. The van der Waals surface area contributed by atoms with Gasteiger partial charge in [0.25, 0.3) is 0 Å². The summed E-state index contributed by atoms with van der Waals surface area (Å²) in [7, 11) is 0. The molecule has 130 valence electrons. The second-order valence-corrected chi connectivity index (χ2v) is 6.50. The molecule has 1 fully saturated rings. The Labute approximate surface area is 142 Å². The highest BCUT2D eigenvalue weighted by atomic mass is 16.5. The van der Waals surface area contributed by atoms with Crippen molar-refractivity contribution in [2.75, 3.05) is 0 Å². The number of phenols is 1. The third-order valence-electron chi connectivity index (χ3n) is 4.64. The SMILES string of the molecule is CCc1noc(CN(Cc2cccc(O)c2)C2CCC(O)CC2)n1. The zero-order valence-corrected chi connectivity index (χ0v) is 14.1. The summed E-state index contributed by atoms with van der Waals surface area (Å²) in [5.41, 5.74) is 1.05. The summed E-state index contributed by atoms with van der Waals surface area (Å²) < 4.78 is 5.36. The highest BCUT2D eigenvalue weighted by Gasteiger charge is 2.26. The Kier molecular flexibility index (Phi) is 5.48. The predicted molar refractivity (Wildman–Crippen MR) is 89.3 cm³/mol. The number of benzene rings is 1. The van der Waals surface area contributed by atoms with E-state index in [0.717, 1.165) is 43.5 Å². The van der Waals surface area contributed by atoms with Gasteiger partial charge in [0.2, 0.25) is 5.89 Å². The normalized spacial score (nSPS) is 21.3. The van der Waals surface area contributed by atoms with Gasteiger partial charge in [-0.25, -0.2) is 0 Å². The largest absolute Gasteiger partial charge is 0.508 e. The molecule has 0 aliphatic heterocycles. The van der Waals surface area contributed by atoms with E-state index in [2.05, 4.69) is 15.0 Å². The molecule has 0 radical (unpaired) electrons. The summed E-state index contributed by atoms with van der Waals surface area (Å²) >= 11 is 0. The van der Waals surface area contributed by atoms with Crippen LogP contribution in [0.15, 0.2) is 28.8 Å². The maximum absolute atomic E-state index is 9.77. The lowest BCUT2D eigenvalue weighted by Gasteiger charge is -2.35. The second-order valence-electron chi connectivity index (χ2n) is 6.50. The van der Waals surface area contributed by atoms with Gasteiger partial charge in [0, 0.05) is 19.0 Å². The highest BCUT2D eigenvalue weighted by Crippen LogP contribution is 2.26. The molecule has 1 aliphatic rings. The molecule has 3 rings (SSSR count). The topological polar surface area (TPSA) is 82.6 Å². The third-order valence-corrected chi connectivity index (χ3v) is 4.64. The number of phenolic OH excluding ortho intramolecular Hbond substituents is 1. The first-order chi connectivity index (χ1) is 11.6. The Morgan fingerprint density at radius 2 is 2.00 bits per heavy atom. The molecule has 0 spiro atoms. The third kappa shape index (κ3) is 4.33. The predicted octanol–water partition coefficient (Wildman–Crippen LogP) is 2.64. The highest BCUT2D eigenvalue weighted by molar-refractivity contribution is 5.27. The number of rotatable bonds is 6. The van der Waals surface area contributed by atoms with Crippen molar-refractivity contribution in [3.63, 3.8) is 0 Å². The molecule has 0 bridgehead atoms. The van der Waals surface area contributed by atoms with Gasteiger partial charge in [-0.05, 0) is 43.4 Å². The summed E-state index contributed by atoms with van der Waals surface area (Å²) in [6.07, 6.45) is 4.13. The van der Waals surface area contributed by atoms with Crippen LogP contribution in [-0.2, 0) is 19.5 Å². The van der Waals surface area contributed by atoms with Crippen LogP contribution in [0, 0.1) is 0 Å². The van der Waals surface area contributed by atoms with Crippen LogP contribution in [0.3, 0.4) is 0 Å². The summed E-state index contributed by atoms with van der Waals surface area (Å²) in [6.45, 7) is 3.30. The van der Waals surface area contributed by atoms with Gasteiger partial charge in [-0.2, -0.15) is 4.98 Å². The van der Waals surface area contributed by atoms with Crippen molar-refractivity contribution in [3.05, 3.63) is 41.5 Å². The molecular weight excluding hydrogens is 306 g/mol. The first kappa shape index (κ1) is 16.9. The minimum Gasteiger partial charge on any atom is -0.508 e. The zero-order valence-electron chi connectivity index (χ0n) is 14.1. The average molecular weight is 331 g/mol. The van der Waals surface area contributed by atoms with Gasteiger partial charge in [-0.15, -0.1) is 0 Å². The number of aliphatic hydroxyl groups excluding tert-OH is 1. The van der Waals surface area contributed by atoms with Gasteiger partial charge < -0.3 is 14.7 Å². The molecule has 0 atom stereocenters. The maximum atomic E-state index is 9.77. The summed E-state index contributed by atoms with van der Waals surface area (Å²) in [5.74, 6) is 1.62. The number of aromatic hydroxyl groups is 1. The molecular formula is C18H25N3O3. The van der Waals surface area contributed by atoms with Crippen LogP contribution in [0.4, 0.5) is 0 Å². The molecule has 1 heterocycles. The smallest absolute Gasteiger partial charge is 0.240 e. The van der Waals surface area contributed by atoms with E-state index in [1.54, 1.807) is 12.1 Å². The van der Waals surface area contributed by atoms with E-state index in [0.29, 0.717) is 25.0 Å². The zero-order chi connectivity index (χ0) is 16.9. The summed E-state index contributed by atoms with van der Waals surface area (Å²) in [4.78, 5) is 6.73. The van der Waals surface area contributed by atoms with E-state index < -0.39 is 0 Å². The van der Waals surface area contributed by atoms with Gasteiger partial charge in [0.05, 0.1) is 12.6 Å². The molecule has 2 N–H and O–H groups in total. The van der Waals surface area contributed by atoms with Crippen LogP contribution < -0.4 is 0 Å². The standard InChI is InChI=1S/C18H25N3O3/c1-2-17-19-18(24-20-17)12-21(14-6-8-15(22)9-7-14)11-13-4-3-5-16(23)10-13/h3-5,10,14-15,22-23H,2,6-9,11-12H2,1H3. The number of aromatic nitrogens is 2. The van der Waals surface area contributed by atoms with E-state index in [4.69, 9.17) is 4.52 Å². The molecule has 0 saturated heterocycles. The first-order valence-corrected chi connectivity index (χ1v) is 8.65. The van der Waals surface area contributed by atoms with Crippen molar-refractivity contribution in [2.24, 2.45) is 0 Å². The molecule has 6 heteroatoms. The van der Waals surface area contributed by atoms with Crippen LogP contribution >= 0.6 is 0 Å². The van der Waals surface area contributed by atoms with Gasteiger partial charge in [-0.1, -0.05) is 24.2 Å². The van der Waals surface area contributed by atoms with Crippen molar-refractivity contribution >= 4 is 0 Å². The molecule has 2 aromatic rings. The fourth-order valence-electron chi connectivity index (χ4n) is 3.30. The van der Waals surface area contributed by atoms with Crippen LogP contribution in [0.25, 0.3) is 0 Å². The Bertz CT molecular complexity index is 650. The molecule has 1 aliphatic carbocycles. The van der Waals surface area contributed by atoms with Crippen molar-refractivity contribution in [1.29, 1.82) is 0 Å². The average Bonchev–Trinajstić information content (AvgIpc) is 3.03. The molecule has 1 aromatic carbocycles. The Hall–Kier alpha value is -1.92. The van der Waals surface area contributed by atoms with Crippen LogP contribution in [-0.4, -0.2) is 37.4 Å². The lowest BCUT2D eigenvalue weighted by Crippen LogP contribution is -2.38. The van der Waals surface area contributed by atoms with E-state index in [1.807, 2.05) is 19.1 Å².